The minimum absolute atomic E-state index is 0.349. The average molecular weight is 291 g/mol. The number of nitrogens with one attached hydrogen (secondary N) is 1. The summed E-state index contributed by atoms with van der Waals surface area (Å²) in [6.07, 6.45) is 0.341. The molecule has 0 spiro atoms. The molecule has 1 atom stereocenters. The smallest absolute Gasteiger partial charge is 0.408 e. The van der Waals surface area contributed by atoms with Gasteiger partial charge in [0.2, 0.25) is 0 Å². The van der Waals surface area contributed by atoms with Gasteiger partial charge in [-0.3, -0.25) is 0 Å². The quantitative estimate of drug-likeness (QED) is 0.705. The largest absolute Gasteiger partial charge is 0.480 e. The van der Waals surface area contributed by atoms with Crippen LogP contribution in [-0.4, -0.2) is 40.3 Å². The molecule has 5 nitrogen and oxygen atoms in total. The standard InChI is InChI=1S/C13H25NO4S/c1-9(2)6-7-19-8-10(11(15)16)14-12(17)18-13(3,4)5/h9-10H,6-8H2,1-5H3,(H,14,17)(H,15,16)/t10-/m0/s1. The van der Waals surface area contributed by atoms with Gasteiger partial charge < -0.3 is 15.2 Å². The second-order valence-corrected chi connectivity index (χ2v) is 6.94. The van der Waals surface area contributed by atoms with Gasteiger partial charge in [0.15, 0.2) is 0 Å². The second-order valence-electron chi connectivity index (χ2n) is 5.79. The minimum Gasteiger partial charge on any atom is -0.480 e. The molecule has 2 N–H and O–H groups in total. The first-order chi connectivity index (χ1) is 8.61. The molecule has 0 unspecified atom stereocenters. The lowest BCUT2D eigenvalue weighted by atomic mass is 10.2. The van der Waals surface area contributed by atoms with Gasteiger partial charge in [-0.25, -0.2) is 9.59 Å². The van der Waals surface area contributed by atoms with Crippen LogP contribution in [0.2, 0.25) is 0 Å². The molecule has 0 aliphatic heterocycles. The van der Waals surface area contributed by atoms with Gasteiger partial charge in [-0.15, -0.1) is 0 Å². The van der Waals surface area contributed by atoms with Gasteiger partial charge in [0, 0.05) is 5.75 Å². The van der Waals surface area contributed by atoms with Crippen molar-refractivity contribution in [3.63, 3.8) is 0 Å². The number of rotatable bonds is 7. The molecule has 0 saturated heterocycles. The van der Waals surface area contributed by atoms with Crippen LogP contribution in [0.5, 0.6) is 0 Å². The lowest BCUT2D eigenvalue weighted by Crippen LogP contribution is -2.45. The van der Waals surface area contributed by atoms with E-state index in [4.69, 9.17) is 9.84 Å². The predicted molar refractivity (Wildman–Crippen MR) is 77.6 cm³/mol. The summed E-state index contributed by atoms with van der Waals surface area (Å²) < 4.78 is 5.04. The van der Waals surface area contributed by atoms with Crippen LogP contribution in [0, 0.1) is 5.92 Å². The second kappa shape index (κ2) is 8.30. The maximum atomic E-state index is 11.5. The molecule has 0 aliphatic carbocycles. The third kappa shape index (κ3) is 10.7. The Morgan fingerprint density at radius 1 is 1.32 bits per heavy atom. The number of alkyl carbamates (subject to hydrolysis) is 1. The van der Waals surface area contributed by atoms with E-state index >= 15 is 0 Å². The predicted octanol–water partition coefficient (Wildman–Crippen LogP) is 2.74. The maximum absolute atomic E-state index is 11.5. The highest BCUT2D eigenvalue weighted by atomic mass is 32.2. The minimum atomic E-state index is -1.04. The third-order valence-electron chi connectivity index (χ3n) is 2.11. The molecule has 0 rings (SSSR count). The zero-order valence-corrected chi connectivity index (χ0v) is 13.2. The summed E-state index contributed by atoms with van der Waals surface area (Å²) in [6.45, 7) is 9.45. The Balaban J connectivity index is 4.12. The van der Waals surface area contributed by atoms with Crippen LogP contribution >= 0.6 is 11.8 Å². The molecule has 0 aromatic rings. The van der Waals surface area contributed by atoms with Crippen molar-refractivity contribution in [1.82, 2.24) is 5.32 Å². The van der Waals surface area contributed by atoms with Crippen molar-refractivity contribution in [1.29, 1.82) is 0 Å². The van der Waals surface area contributed by atoms with Gasteiger partial charge in [0.05, 0.1) is 0 Å². The first kappa shape index (κ1) is 18.1. The fraction of sp³-hybridized carbons (Fsp3) is 0.846. The molecule has 0 saturated carbocycles. The van der Waals surface area contributed by atoms with E-state index in [-0.39, 0.29) is 0 Å². The average Bonchev–Trinajstić information content (AvgIpc) is 2.19. The van der Waals surface area contributed by atoms with Crippen molar-refractivity contribution in [2.75, 3.05) is 11.5 Å². The zero-order chi connectivity index (χ0) is 15.1. The molecule has 1 amide bonds. The molecule has 0 aromatic carbocycles. The van der Waals surface area contributed by atoms with E-state index in [1.165, 1.54) is 11.8 Å². The number of carboxylic acids is 1. The molecule has 0 bridgehead atoms. The van der Waals surface area contributed by atoms with E-state index in [2.05, 4.69) is 19.2 Å². The number of aliphatic carboxylic acids is 1. The van der Waals surface area contributed by atoms with Crippen LogP contribution < -0.4 is 5.32 Å². The highest BCUT2D eigenvalue weighted by molar-refractivity contribution is 7.99. The van der Waals surface area contributed by atoms with Gasteiger partial charge in [0.1, 0.15) is 11.6 Å². The molecule has 6 heteroatoms. The molecule has 0 fully saturated rings. The Kier molecular flexibility index (Phi) is 7.90. The van der Waals surface area contributed by atoms with Gasteiger partial charge in [-0.05, 0) is 38.9 Å². The van der Waals surface area contributed by atoms with E-state index in [1.54, 1.807) is 20.8 Å². The van der Waals surface area contributed by atoms with Gasteiger partial charge >= 0.3 is 12.1 Å². The van der Waals surface area contributed by atoms with Gasteiger partial charge in [-0.2, -0.15) is 11.8 Å². The fourth-order valence-corrected chi connectivity index (χ4v) is 2.41. The SMILES string of the molecule is CC(C)CCSC[C@H](NC(=O)OC(C)(C)C)C(=O)O. The molecular weight excluding hydrogens is 266 g/mol. The van der Waals surface area contributed by atoms with Crippen LogP contribution in [0.25, 0.3) is 0 Å². The third-order valence-corrected chi connectivity index (χ3v) is 3.21. The summed E-state index contributed by atoms with van der Waals surface area (Å²) in [4.78, 5) is 22.6. The van der Waals surface area contributed by atoms with E-state index in [1.807, 2.05) is 0 Å². The van der Waals surface area contributed by atoms with E-state index in [9.17, 15) is 9.59 Å². The van der Waals surface area contributed by atoms with Crippen LogP contribution in [0.15, 0.2) is 0 Å². The zero-order valence-electron chi connectivity index (χ0n) is 12.4. The number of hydrogen-bond donors (Lipinski definition) is 2. The molecule has 112 valence electrons. The van der Waals surface area contributed by atoms with Crippen molar-refractivity contribution in [3.05, 3.63) is 0 Å². The molecule has 19 heavy (non-hydrogen) atoms. The summed E-state index contributed by atoms with van der Waals surface area (Å²) >= 11 is 1.53. The van der Waals surface area contributed by atoms with Crippen LogP contribution in [0.1, 0.15) is 41.0 Å². The highest BCUT2D eigenvalue weighted by Crippen LogP contribution is 2.11. The Morgan fingerprint density at radius 3 is 2.32 bits per heavy atom. The molecule has 0 aliphatic rings. The number of amides is 1. The Labute approximate surface area is 119 Å². The monoisotopic (exact) mass is 291 g/mol. The van der Waals surface area contributed by atoms with Crippen LogP contribution in [-0.2, 0) is 9.53 Å². The normalized spacial score (nSPS) is 13.2. The van der Waals surface area contributed by atoms with E-state index in [0.29, 0.717) is 11.7 Å². The lowest BCUT2D eigenvalue weighted by Gasteiger charge is -2.21. The highest BCUT2D eigenvalue weighted by Gasteiger charge is 2.23. The number of thioether (sulfide) groups is 1. The summed E-state index contributed by atoms with van der Waals surface area (Å²) in [5.74, 6) is 0.788. The Morgan fingerprint density at radius 2 is 1.89 bits per heavy atom. The first-order valence-corrected chi connectivity index (χ1v) is 7.57. The van der Waals surface area contributed by atoms with E-state index in [0.717, 1.165) is 12.2 Å². The van der Waals surface area contributed by atoms with Crippen molar-refractivity contribution in [2.24, 2.45) is 5.92 Å². The Bertz CT molecular complexity index is 300. The molecule has 0 aromatic heterocycles. The van der Waals surface area contributed by atoms with Crippen LogP contribution in [0.3, 0.4) is 0 Å². The Hall–Kier alpha value is -0.910. The van der Waals surface area contributed by atoms with Crippen molar-refractivity contribution < 1.29 is 19.4 Å². The molecule has 0 heterocycles. The van der Waals surface area contributed by atoms with Gasteiger partial charge in [0.25, 0.3) is 0 Å². The molecule has 0 radical (unpaired) electrons. The lowest BCUT2D eigenvalue weighted by molar-refractivity contribution is -0.138. The fourth-order valence-electron chi connectivity index (χ4n) is 1.14. The topological polar surface area (TPSA) is 75.6 Å². The summed E-state index contributed by atoms with van der Waals surface area (Å²) in [6, 6.07) is -0.910. The summed E-state index contributed by atoms with van der Waals surface area (Å²) in [5, 5.41) is 11.4. The number of ether oxygens (including phenoxy) is 1. The number of carbonyl (C=O) groups excluding carboxylic acids is 1. The first-order valence-electron chi connectivity index (χ1n) is 6.42. The summed E-state index contributed by atoms with van der Waals surface area (Å²) in [5.41, 5.74) is -0.627. The van der Waals surface area contributed by atoms with Crippen molar-refractivity contribution in [2.45, 2.75) is 52.7 Å². The molecular formula is C13H25NO4S. The maximum Gasteiger partial charge on any atom is 0.408 e. The number of carboxylic acid groups (broad SMARTS) is 1. The summed E-state index contributed by atoms with van der Waals surface area (Å²) in [7, 11) is 0. The van der Waals surface area contributed by atoms with E-state index < -0.39 is 23.7 Å². The number of carbonyl (C=O) groups is 2. The number of hydrogen-bond acceptors (Lipinski definition) is 4. The van der Waals surface area contributed by atoms with Crippen molar-refractivity contribution >= 4 is 23.8 Å². The van der Waals surface area contributed by atoms with Crippen molar-refractivity contribution in [3.8, 4) is 0 Å². The van der Waals surface area contributed by atoms with Gasteiger partial charge in [-0.1, -0.05) is 13.8 Å². The van der Waals surface area contributed by atoms with Crippen LogP contribution in [0.4, 0.5) is 4.79 Å².